The number of nitrogens with zero attached hydrogens (tertiary/aromatic N) is 1. The van der Waals surface area contributed by atoms with Crippen LogP contribution in [0.25, 0.3) is 6.08 Å². The Labute approximate surface area is 101 Å². The normalized spacial score (nSPS) is 18.6. The molecule has 0 N–H and O–H groups in total. The second-order valence-corrected chi connectivity index (χ2v) is 4.81. The summed E-state index contributed by atoms with van der Waals surface area (Å²) in [6.45, 7) is 4.72. The fraction of sp³-hybridized carbons (Fsp3) is 0.308. The molecule has 1 heterocycles. The van der Waals surface area contributed by atoms with Crippen LogP contribution in [-0.4, -0.2) is 18.0 Å². The predicted molar refractivity (Wildman–Crippen MR) is 68.0 cm³/mol. The highest BCUT2D eigenvalue weighted by Crippen LogP contribution is 2.19. The molecular formula is C13H14ClNO. The van der Waals surface area contributed by atoms with Crippen LogP contribution in [-0.2, 0) is 4.74 Å². The van der Waals surface area contributed by atoms with Crippen LogP contribution in [0.2, 0.25) is 5.02 Å². The van der Waals surface area contributed by atoms with E-state index < -0.39 is 0 Å². The molecule has 1 aliphatic heterocycles. The number of hydrogen-bond acceptors (Lipinski definition) is 2. The van der Waals surface area contributed by atoms with Crippen LogP contribution < -0.4 is 0 Å². The van der Waals surface area contributed by atoms with Crippen molar-refractivity contribution in [2.45, 2.75) is 19.4 Å². The smallest absolute Gasteiger partial charge is 0.209 e. The van der Waals surface area contributed by atoms with Crippen LogP contribution in [0.4, 0.5) is 0 Å². The average Bonchev–Trinajstić information content (AvgIpc) is 2.57. The van der Waals surface area contributed by atoms with Crippen molar-refractivity contribution >= 4 is 23.6 Å². The van der Waals surface area contributed by atoms with E-state index in [1.807, 2.05) is 50.3 Å². The molecule has 0 atom stereocenters. The second kappa shape index (κ2) is 4.30. The van der Waals surface area contributed by atoms with Gasteiger partial charge in [-0.2, -0.15) is 0 Å². The molecule has 84 valence electrons. The molecule has 1 aliphatic rings. The van der Waals surface area contributed by atoms with E-state index >= 15 is 0 Å². The zero-order valence-electron chi connectivity index (χ0n) is 9.40. The molecule has 1 aromatic rings. The van der Waals surface area contributed by atoms with Crippen molar-refractivity contribution in [3.8, 4) is 0 Å². The Hall–Kier alpha value is -1.28. The Morgan fingerprint density at radius 2 is 2.06 bits per heavy atom. The first-order valence-electron chi connectivity index (χ1n) is 5.22. The minimum atomic E-state index is -0.111. The van der Waals surface area contributed by atoms with Crippen molar-refractivity contribution in [2.75, 3.05) is 6.61 Å². The van der Waals surface area contributed by atoms with Gasteiger partial charge in [-0.1, -0.05) is 29.8 Å². The van der Waals surface area contributed by atoms with Gasteiger partial charge in [0.05, 0.1) is 5.54 Å². The molecule has 2 rings (SSSR count). The Bertz CT molecular complexity index is 449. The van der Waals surface area contributed by atoms with E-state index in [0.717, 1.165) is 10.6 Å². The SMILES string of the molecule is CC1(C)COC(/C=C/c2ccccc2Cl)=N1. The van der Waals surface area contributed by atoms with Gasteiger partial charge in [0.2, 0.25) is 5.90 Å². The summed E-state index contributed by atoms with van der Waals surface area (Å²) >= 11 is 6.03. The summed E-state index contributed by atoms with van der Waals surface area (Å²) in [5.41, 5.74) is 0.861. The van der Waals surface area contributed by atoms with Gasteiger partial charge in [-0.05, 0) is 31.6 Å². The van der Waals surface area contributed by atoms with Crippen LogP contribution in [0.15, 0.2) is 35.3 Å². The third-order valence-corrected chi connectivity index (χ3v) is 2.64. The molecule has 0 aromatic heterocycles. The van der Waals surface area contributed by atoms with E-state index in [1.54, 1.807) is 0 Å². The molecule has 0 bridgehead atoms. The molecule has 0 saturated carbocycles. The standard InChI is InChI=1S/C13H14ClNO/c1-13(2)9-16-12(15-13)8-7-10-5-3-4-6-11(10)14/h3-8H,9H2,1-2H3/b8-7+. The van der Waals surface area contributed by atoms with Crippen LogP contribution in [0.3, 0.4) is 0 Å². The molecule has 16 heavy (non-hydrogen) atoms. The molecule has 0 spiro atoms. The number of benzene rings is 1. The summed E-state index contributed by atoms with van der Waals surface area (Å²) in [7, 11) is 0. The Morgan fingerprint density at radius 1 is 1.31 bits per heavy atom. The fourth-order valence-electron chi connectivity index (χ4n) is 1.47. The first-order valence-corrected chi connectivity index (χ1v) is 5.60. The Balaban J connectivity index is 2.14. The average molecular weight is 236 g/mol. The van der Waals surface area contributed by atoms with Gasteiger partial charge >= 0.3 is 0 Å². The van der Waals surface area contributed by atoms with E-state index in [-0.39, 0.29) is 5.54 Å². The fourth-order valence-corrected chi connectivity index (χ4v) is 1.67. The van der Waals surface area contributed by atoms with Gasteiger partial charge in [-0.25, -0.2) is 4.99 Å². The maximum absolute atomic E-state index is 6.03. The topological polar surface area (TPSA) is 21.6 Å². The quantitative estimate of drug-likeness (QED) is 0.768. The molecule has 1 aromatic carbocycles. The highest BCUT2D eigenvalue weighted by molar-refractivity contribution is 6.32. The molecule has 0 radical (unpaired) electrons. The Morgan fingerprint density at radius 3 is 2.69 bits per heavy atom. The van der Waals surface area contributed by atoms with Crippen LogP contribution in [0.1, 0.15) is 19.4 Å². The summed E-state index contributed by atoms with van der Waals surface area (Å²) in [5, 5.41) is 0.733. The number of aliphatic imine (C=N–C) groups is 1. The van der Waals surface area contributed by atoms with Gasteiger partial charge in [0.15, 0.2) is 0 Å². The van der Waals surface area contributed by atoms with E-state index in [1.165, 1.54) is 0 Å². The monoisotopic (exact) mass is 235 g/mol. The molecule has 0 fully saturated rings. The summed E-state index contributed by atoms with van der Waals surface area (Å²) in [6.07, 6.45) is 3.78. The summed E-state index contributed by atoms with van der Waals surface area (Å²) < 4.78 is 5.45. The Kier molecular flexibility index (Phi) is 3.01. The van der Waals surface area contributed by atoms with E-state index in [4.69, 9.17) is 16.3 Å². The molecule has 3 heteroatoms. The van der Waals surface area contributed by atoms with Crippen molar-refractivity contribution in [1.82, 2.24) is 0 Å². The van der Waals surface area contributed by atoms with Gasteiger partial charge in [-0.3, -0.25) is 0 Å². The maximum atomic E-state index is 6.03. The van der Waals surface area contributed by atoms with Crippen molar-refractivity contribution < 1.29 is 4.74 Å². The highest BCUT2D eigenvalue weighted by Gasteiger charge is 2.24. The zero-order valence-corrected chi connectivity index (χ0v) is 10.2. The minimum absolute atomic E-state index is 0.111. The minimum Gasteiger partial charge on any atom is -0.475 e. The van der Waals surface area contributed by atoms with Crippen molar-refractivity contribution in [2.24, 2.45) is 4.99 Å². The van der Waals surface area contributed by atoms with Gasteiger partial charge in [-0.15, -0.1) is 0 Å². The van der Waals surface area contributed by atoms with Crippen LogP contribution in [0, 0.1) is 0 Å². The van der Waals surface area contributed by atoms with Gasteiger partial charge in [0.1, 0.15) is 6.61 Å². The molecule has 0 unspecified atom stereocenters. The highest BCUT2D eigenvalue weighted by atomic mass is 35.5. The number of rotatable bonds is 2. The predicted octanol–water partition coefficient (Wildman–Crippen LogP) is 3.56. The van der Waals surface area contributed by atoms with E-state index in [2.05, 4.69) is 4.99 Å². The lowest BCUT2D eigenvalue weighted by Crippen LogP contribution is -2.17. The third-order valence-electron chi connectivity index (χ3n) is 2.30. The molecule has 0 saturated heterocycles. The van der Waals surface area contributed by atoms with Crippen molar-refractivity contribution in [3.63, 3.8) is 0 Å². The molecule has 0 amide bonds. The van der Waals surface area contributed by atoms with Crippen molar-refractivity contribution in [3.05, 3.63) is 40.9 Å². The van der Waals surface area contributed by atoms with Gasteiger partial charge in [0.25, 0.3) is 0 Å². The lowest BCUT2D eigenvalue weighted by molar-refractivity contribution is 0.280. The van der Waals surface area contributed by atoms with Gasteiger partial charge < -0.3 is 4.74 Å². The van der Waals surface area contributed by atoms with Crippen LogP contribution >= 0.6 is 11.6 Å². The first kappa shape index (κ1) is 11.2. The van der Waals surface area contributed by atoms with E-state index in [0.29, 0.717) is 12.5 Å². The number of ether oxygens (including phenoxy) is 1. The first-order chi connectivity index (χ1) is 7.57. The largest absolute Gasteiger partial charge is 0.475 e. The summed E-state index contributed by atoms with van der Waals surface area (Å²) in [6, 6.07) is 7.68. The molecule has 2 nitrogen and oxygen atoms in total. The summed E-state index contributed by atoms with van der Waals surface area (Å²) in [5.74, 6) is 0.671. The summed E-state index contributed by atoms with van der Waals surface area (Å²) in [4.78, 5) is 4.43. The molecule has 0 aliphatic carbocycles. The number of hydrogen-bond donors (Lipinski definition) is 0. The van der Waals surface area contributed by atoms with Crippen molar-refractivity contribution in [1.29, 1.82) is 0 Å². The van der Waals surface area contributed by atoms with Gasteiger partial charge in [0, 0.05) is 11.1 Å². The zero-order chi connectivity index (χ0) is 11.6. The lowest BCUT2D eigenvalue weighted by atomic mass is 10.1. The lowest BCUT2D eigenvalue weighted by Gasteiger charge is -2.07. The van der Waals surface area contributed by atoms with E-state index in [9.17, 15) is 0 Å². The second-order valence-electron chi connectivity index (χ2n) is 4.41. The third kappa shape index (κ3) is 2.64. The number of halogens is 1. The molecular weight excluding hydrogens is 222 g/mol. The maximum Gasteiger partial charge on any atom is 0.209 e. The van der Waals surface area contributed by atoms with Crippen LogP contribution in [0.5, 0.6) is 0 Å².